The third kappa shape index (κ3) is 5.72. The summed E-state index contributed by atoms with van der Waals surface area (Å²) in [7, 11) is 1.81. The van der Waals surface area contributed by atoms with Crippen LogP contribution in [0.3, 0.4) is 0 Å². The van der Waals surface area contributed by atoms with E-state index in [4.69, 9.17) is 0 Å². The zero-order valence-corrected chi connectivity index (χ0v) is 20.1. The van der Waals surface area contributed by atoms with E-state index in [1.807, 2.05) is 43.0 Å². The van der Waals surface area contributed by atoms with Crippen molar-refractivity contribution < 1.29 is 9.59 Å². The number of carbonyl (C=O) groups excluding carboxylic acids is 2. The highest BCUT2D eigenvalue weighted by Crippen LogP contribution is 2.38. The summed E-state index contributed by atoms with van der Waals surface area (Å²) >= 11 is 0. The number of Topliss-reactive ketones (excluding diaryl/α,β-unsaturated/α-hetero) is 1. The largest absolute Gasteiger partial charge is 0.335 e. The number of hydrogen-bond donors (Lipinski definition) is 1. The lowest BCUT2D eigenvalue weighted by atomic mass is 9.76. The zero-order valence-electron chi connectivity index (χ0n) is 20.1. The van der Waals surface area contributed by atoms with Crippen molar-refractivity contribution in [2.45, 2.75) is 76.9 Å². The highest BCUT2D eigenvalue weighted by Gasteiger charge is 2.39. The summed E-state index contributed by atoms with van der Waals surface area (Å²) in [6, 6.07) is 10.1. The first-order chi connectivity index (χ1) is 16.1. The van der Waals surface area contributed by atoms with Crippen LogP contribution in [0.1, 0.15) is 75.5 Å². The number of nitrogens with zero attached hydrogens (tertiary/aromatic N) is 3. The number of rotatable bonds is 9. The summed E-state index contributed by atoms with van der Waals surface area (Å²) in [5.74, 6) is 0.444. The zero-order chi connectivity index (χ0) is 23.2. The minimum atomic E-state index is -0.213. The van der Waals surface area contributed by atoms with Gasteiger partial charge in [-0.3, -0.25) is 14.3 Å². The van der Waals surface area contributed by atoms with Crippen molar-refractivity contribution in [1.29, 1.82) is 0 Å². The van der Waals surface area contributed by atoms with E-state index >= 15 is 0 Å². The summed E-state index contributed by atoms with van der Waals surface area (Å²) in [5.41, 5.74) is 2.31. The van der Waals surface area contributed by atoms with Gasteiger partial charge in [0, 0.05) is 30.6 Å². The number of carbonyl (C=O) groups is 2. The first-order valence-corrected chi connectivity index (χ1v) is 12.6. The fourth-order valence-corrected chi connectivity index (χ4v) is 5.55. The molecule has 0 spiro atoms. The molecule has 2 fully saturated rings. The number of likely N-dealkylation sites (N-methyl/N-ethyl adjacent to an activating group) is 1. The van der Waals surface area contributed by atoms with Crippen LogP contribution in [0.4, 0.5) is 0 Å². The second kappa shape index (κ2) is 11.1. The van der Waals surface area contributed by atoms with E-state index in [0.29, 0.717) is 12.3 Å². The number of nitrogens with one attached hydrogen (secondary N) is 1. The highest BCUT2D eigenvalue weighted by atomic mass is 16.2. The first kappa shape index (κ1) is 23.7. The van der Waals surface area contributed by atoms with Crippen LogP contribution in [0.5, 0.6) is 0 Å². The van der Waals surface area contributed by atoms with Gasteiger partial charge in [-0.25, -0.2) is 0 Å². The maximum atomic E-state index is 13.9. The van der Waals surface area contributed by atoms with Crippen LogP contribution in [0.2, 0.25) is 0 Å². The normalized spacial score (nSPS) is 21.2. The fourth-order valence-electron chi connectivity index (χ4n) is 5.55. The molecule has 3 atom stereocenters. The second-order valence-electron chi connectivity index (χ2n) is 9.83. The van der Waals surface area contributed by atoms with Gasteiger partial charge in [-0.15, -0.1) is 0 Å². The maximum Gasteiger partial charge on any atom is 0.226 e. The van der Waals surface area contributed by atoms with Gasteiger partial charge >= 0.3 is 0 Å². The molecule has 33 heavy (non-hydrogen) atoms. The van der Waals surface area contributed by atoms with E-state index in [9.17, 15) is 9.59 Å². The molecule has 1 aromatic heterocycles. The van der Waals surface area contributed by atoms with Crippen LogP contribution in [0.15, 0.2) is 42.7 Å². The van der Waals surface area contributed by atoms with E-state index in [1.54, 1.807) is 0 Å². The van der Waals surface area contributed by atoms with Gasteiger partial charge in [0.2, 0.25) is 5.91 Å². The monoisotopic (exact) mass is 450 g/mol. The number of likely N-dealkylation sites (tertiary alicyclic amines) is 1. The molecule has 2 heterocycles. The van der Waals surface area contributed by atoms with Gasteiger partial charge in [-0.05, 0) is 51.1 Å². The quantitative estimate of drug-likeness (QED) is 0.616. The van der Waals surface area contributed by atoms with Gasteiger partial charge in [0.05, 0.1) is 24.8 Å². The predicted octanol–water partition coefficient (Wildman–Crippen LogP) is 4.36. The van der Waals surface area contributed by atoms with Crippen molar-refractivity contribution in [3.8, 4) is 0 Å². The Kier molecular flexibility index (Phi) is 7.97. The molecule has 1 N–H and O–H groups in total. The molecule has 2 aromatic rings. The lowest BCUT2D eigenvalue weighted by Gasteiger charge is -2.34. The van der Waals surface area contributed by atoms with Crippen LogP contribution >= 0.6 is 0 Å². The summed E-state index contributed by atoms with van der Waals surface area (Å²) < 4.78 is 1.96. The summed E-state index contributed by atoms with van der Waals surface area (Å²) in [6.45, 7) is 3.39. The molecular formula is C27H38N4O2. The molecule has 1 saturated heterocycles. The van der Waals surface area contributed by atoms with Crippen molar-refractivity contribution in [2.24, 2.45) is 11.8 Å². The van der Waals surface area contributed by atoms with E-state index < -0.39 is 0 Å². The summed E-state index contributed by atoms with van der Waals surface area (Å²) in [6.07, 6.45) is 12.0. The Balaban J connectivity index is 1.50. The SMILES string of the molecule is CN[C@@H](C)C(=O)C[C@H](C(=O)N1CCC[C@H]1c1cnn(Cc2ccccc2)c1)C1CCCCC1. The van der Waals surface area contributed by atoms with Gasteiger partial charge in [0.15, 0.2) is 0 Å². The smallest absolute Gasteiger partial charge is 0.226 e. The van der Waals surface area contributed by atoms with Gasteiger partial charge in [-0.2, -0.15) is 5.10 Å². The molecule has 0 bridgehead atoms. The maximum absolute atomic E-state index is 13.9. The summed E-state index contributed by atoms with van der Waals surface area (Å²) in [4.78, 5) is 28.8. The third-order valence-electron chi connectivity index (χ3n) is 7.63. The molecule has 1 amide bonds. The predicted molar refractivity (Wildman–Crippen MR) is 130 cm³/mol. The molecular weight excluding hydrogens is 412 g/mol. The van der Waals surface area contributed by atoms with Gasteiger partial charge in [-0.1, -0.05) is 49.6 Å². The van der Waals surface area contributed by atoms with Gasteiger partial charge in [0.1, 0.15) is 5.78 Å². The lowest BCUT2D eigenvalue weighted by molar-refractivity contribution is -0.141. The molecule has 1 aliphatic heterocycles. The molecule has 2 aliphatic rings. The Morgan fingerprint density at radius 2 is 1.85 bits per heavy atom. The van der Waals surface area contributed by atoms with Gasteiger partial charge in [0.25, 0.3) is 0 Å². The molecule has 1 aliphatic carbocycles. The van der Waals surface area contributed by atoms with E-state index in [1.165, 1.54) is 24.8 Å². The average molecular weight is 451 g/mol. The summed E-state index contributed by atoms with van der Waals surface area (Å²) in [5, 5.41) is 7.64. The number of aromatic nitrogens is 2. The van der Waals surface area contributed by atoms with Crippen LogP contribution in [-0.2, 0) is 16.1 Å². The topological polar surface area (TPSA) is 67.2 Å². The Hall–Kier alpha value is -2.47. The van der Waals surface area contributed by atoms with Crippen molar-refractivity contribution >= 4 is 11.7 Å². The standard InChI is InChI=1S/C27H38N4O2/c1-20(28-2)26(32)16-24(22-12-7-4-8-13-22)27(33)31-15-9-14-25(31)23-17-29-30(19-23)18-21-10-5-3-6-11-21/h3,5-6,10-11,17,19-20,22,24-25,28H,4,7-9,12-16,18H2,1-2H3/t20-,24-,25-/m0/s1. The van der Waals surface area contributed by atoms with E-state index in [2.05, 4.69) is 33.6 Å². The molecule has 1 saturated carbocycles. The van der Waals surface area contributed by atoms with Crippen molar-refractivity contribution in [3.63, 3.8) is 0 Å². The molecule has 1 aromatic carbocycles. The van der Waals surface area contributed by atoms with Crippen LogP contribution in [-0.4, -0.2) is 46.0 Å². The van der Waals surface area contributed by atoms with E-state index in [-0.39, 0.29) is 29.7 Å². The lowest BCUT2D eigenvalue weighted by Crippen LogP contribution is -2.42. The Bertz CT molecular complexity index is 919. The van der Waals surface area contributed by atoms with Crippen LogP contribution < -0.4 is 5.32 Å². The van der Waals surface area contributed by atoms with Crippen LogP contribution in [0, 0.1) is 11.8 Å². The molecule has 6 heteroatoms. The second-order valence-corrected chi connectivity index (χ2v) is 9.83. The molecule has 0 radical (unpaired) electrons. The third-order valence-corrected chi connectivity index (χ3v) is 7.63. The number of benzene rings is 1. The van der Waals surface area contributed by atoms with E-state index in [0.717, 1.165) is 44.3 Å². The highest BCUT2D eigenvalue weighted by molar-refractivity contribution is 5.90. The molecule has 178 valence electrons. The average Bonchev–Trinajstić information content (AvgIpc) is 3.52. The Labute approximate surface area is 197 Å². The molecule has 0 unspecified atom stereocenters. The fraction of sp³-hybridized carbons (Fsp3) is 0.593. The van der Waals surface area contributed by atoms with Gasteiger partial charge < -0.3 is 10.2 Å². The van der Waals surface area contributed by atoms with Crippen molar-refractivity contribution in [3.05, 3.63) is 53.9 Å². The molecule has 6 nitrogen and oxygen atoms in total. The van der Waals surface area contributed by atoms with Crippen molar-refractivity contribution in [2.75, 3.05) is 13.6 Å². The minimum absolute atomic E-state index is 0.0601. The number of hydrogen-bond acceptors (Lipinski definition) is 4. The molecule has 4 rings (SSSR count). The minimum Gasteiger partial charge on any atom is -0.335 e. The van der Waals surface area contributed by atoms with Crippen molar-refractivity contribution in [1.82, 2.24) is 20.0 Å². The Morgan fingerprint density at radius 3 is 2.58 bits per heavy atom. The Morgan fingerprint density at radius 1 is 1.09 bits per heavy atom. The number of ketones is 1. The number of amides is 1. The first-order valence-electron chi connectivity index (χ1n) is 12.6. The van der Waals surface area contributed by atoms with Crippen LogP contribution in [0.25, 0.3) is 0 Å².